The van der Waals surface area contributed by atoms with Crippen LogP contribution in [0.4, 0.5) is 0 Å². The zero-order chi connectivity index (χ0) is 19.3. The van der Waals surface area contributed by atoms with E-state index in [4.69, 9.17) is 0 Å². The second-order valence-electron chi connectivity index (χ2n) is 7.15. The molecule has 1 aromatic carbocycles. The summed E-state index contributed by atoms with van der Waals surface area (Å²) in [6, 6.07) is 6.68. The van der Waals surface area contributed by atoms with Gasteiger partial charge in [-0.05, 0) is 37.8 Å². The number of rotatable bonds is 5. The zero-order valence-electron chi connectivity index (χ0n) is 15.5. The van der Waals surface area contributed by atoms with Crippen molar-refractivity contribution >= 4 is 21.8 Å². The van der Waals surface area contributed by atoms with E-state index in [9.17, 15) is 18.0 Å². The fraction of sp³-hybridized carbons (Fsp3) is 0.556. The van der Waals surface area contributed by atoms with Gasteiger partial charge in [0.25, 0.3) is 0 Å². The maximum Gasteiger partial charge on any atom is 0.243 e. The van der Waals surface area contributed by atoms with Crippen LogP contribution in [0.15, 0.2) is 29.2 Å². The van der Waals surface area contributed by atoms with Crippen molar-refractivity contribution in [1.29, 1.82) is 0 Å². The van der Waals surface area contributed by atoms with Gasteiger partial charge in [0, 0.05) is 19.5 Å². The minimum absolute atomic E-state index is 0.113. The number of amides is 2. The summed E-state index contributed by atoms with van der Waals surface area (Å²) in [4.78, 5) is 24.2. The Bertz CT molecular complexity index is 744. The molecule has 8 heteroatoms. The molecule has 1 atom stereocenters. The predicted molar refractivity (Wildman–Crippen MR) is 98.4 cm³/mol. The molecule has 0 radical (unpaired) electrons. The third-order valence-electron chi connectivity index (χ3n) is 4.33. The first-order valence-corrected chi connectivity index (χ1v) is 10.3. The molecule has 7 nitrogen and oxygen atoms in total. The first-order valence-electron chi connectivity index (χ1n) is 8.85. The summed E-state index contributed by atoms with van der Waals surface area (Å²) < 4.78 is 26.9. The van der Waals surface area contributed by atoms with Gasteiger partial charge in [0.05, 0.1) is 10.8 Å². The number of nitrogens with zero attached hydrogens (tertiary/aromatic N) is 1. The first-order chi connectivity index (χ1) is 12.2. The smallest absolute Gasteiger partial charge is 0.243 e. The average Bonchev–Trinajstić information content (AvgIpc) is 2.59. The SMILES string of the molecule is Cc1ccc(S(=O)(=O)N2CCC[C@H](C(=O)NNC(=O)CC(C)C)C2)cc1. The lowest BCUT2D eigenvalue weighted by atomic mass is 9.99. The van der Waals surface area contributed by atoms with Crippen LogP contribution in [0.2, 0.25) is 0 Å². The van der Waals surface area contributed by atoms with E-state index in [1.165, 1.54) is 4.31 Å². The van der Waals surface area contributed by atoms with Crippen molar-refractivity contribution in [3.63, 3.8) is 0 Å². The number of benzene rings is 1. The van der Waals surface area contributed by atoms with E-state index in [2.05, 4.69) is 10.9 Å². The standard InChI is InChI=1S/C18H27N3O4S/c1-13(2)11-17(22)19-20-18(23)15-5-4-10-21(12-15)26(24,25)16-8-6-14(3)7-9-16/h6-9,13,15H,4-5,10-12H2,1-3H3,(H,19,22)(H,20,23)/t15-/m0/s1. The van der Waals surface area contributed by atoms with Gasteiger partial charge in [-0.1, -0.05) is 31.5 Å². The predicted octanol–water partition coefficient (Wildman–Crippen LogP) is 1.59. The van der Waals surface area contributed by atoms with Crippen molar-refractivity contribution in [2.24, 2.45) is 11.8 Å². The van der Waals surface area contributed by atoms with Gasteiger partial charge in [-0.3, -0.25) is 20.4 Å². The molecule has 1 aliphatic heterocycles. The Morgan fingerprint density at radius 1 is 1.19 bits per heavy atom. The highest BCUT2D eigenvalue weighted by molar-refractivity contribution is 7.89. The van der Waals surface area contributed by atoms with Gasteiger partial charge in [-0.15, -0.1) is 0 Å². The summed E-state index contributed by atoms with van der Waals surface area (Å²) >= 11 is 0. The van der Waals surface area contributed by atoms with Crippen LogP contribution < -0.4 is 10.9 Å². The lowest BCUT2D eigenvalue weighted by Gasteiger charge is -2.31. The summed E-state index contributed by atoms with van der Waals surface area (Å²) in [5.74, 6) is -0.903. The lowest BCUT2D eigenvalue weighted by Crippen LogP contribution is -2.50. The van der Waals surface area contributed by atoms with Gasteiger partial charge in [0.1, 0.15) is 0 Å². The minimum atomic E-state index is -3.63. The van der Waals surface area contributed by atoms with Gasteiger partial charge in [-0.25, -0.2) is 8.42 Å². The van der Waals surface area contributed by atoms with Crippen LogP contribution in [0, 0.1) is 18.8 Å². The number of piperidine rings is 1. The molecule has 2 amide bonds. The topological polar surface area (TPSA) is 95.6 Å². The second-order valence-corrected chi connectivity index (χ2v) is 9.09. The number of carbonyl (C=O) groups is 2. The number of aryl methyl sites for hydroxylation is 1. The van der Waals surface area contributed by atoms with Crippen molar-refractivity contribution in [3.8, 4) is 0 Å². The molecule has 2 N–H and O–H groups in total. The fourth-order valence-corrected chi connectivity index (χ4v) is 4.41. The Hall–Kier alpha value is -1.93. The third kappa shape index (κ3) is 5.28. The molecule has 0 saturated carbocycles. The molecule has 0 spiro atoms. The molecule has 1 heterocycles. The maximum absolute atomic E-state index is 12.8. The van der Waals surface area contributed by atoms with E-state index < -0.39 is 15.9 Å². The van der Waals surface area contributed by atoms with Crippen molar-refractivity contribution in [2.75, 3.05) is 13.1 Å². The molecule has 1 aliphatic rings. The lowest BCUT2D eigenvalue weighted by molar-refractivity contribution is -0.132. The molecule has 1 aromatic rings. The monoisotopic (exact) mass is 381 g/mol. The Labute approximate surface area is 155 Å². The van der Waals surface area contributed by atoms with E-state index in [1.807, 2.05) is 20.8 Å². The molecule has 0 aliphatic carbocycles. The van der Waals surface area contributed by atoms with E-state index in [1.54, 1.807) is 24.3 Å². The molecular formula is C18H27N3O4S. The highest BCUT2D eigenvalue weighted by atomic mass is 32.2. The van der Waals surface area contributed by atoms with E-state index >= 15 is 0 Å². The molecule has 0 unspecified atom stereocenters. The minimum Gasteiger partial charge on any atom is -0.273 e. The average molecular weight is 381 g/mol. The van der Waals surface area contributed by atoms with E-state index in [0.29, 0.717) is 25.8 Å². The zero-order valence-corrected chi connectivity index (χ0v) is 16.3. The number of hydrogen-bond acceptors (Lipinski definition) is 4. The molecule has 1 fully saturated rings. The molecule has 0 bridgehead atoms. The Morgan fingerprint density at radius 3 is 2.46 bits per heavy atom. The Morgan fingerprint density at radius 2 is 1.85 bits per heavy atom. The molecule has 2 rings (SSSR count). The Balaban J connectivity index is 1.98. The van der Waals surface area contributed by atoms with Gasteiger partial charge < -0.3 is 0 Å². The van der Waals surface area contributed by atoms with Crippen LogP contribution in [0.5, 0.6) is 0 Å². The van der Waals surface area contributed by atoms with Gasteiger partial charge in [-0.2, -0.15) is 4.31 Å². The summed E-state index contributed by atoms with van der Waals surface area (Å²) in [5, 5.41) is 0. The van der Waals surface area contributed by atoms with Crippen molar-refractivity contribution in [3.05, 3.63) is 29.8 Å². The largest absolute Gasteiger partial charge is 0.273 e. The van der Waals surface area contributed by atoms with Crippen LogP contribution in [0.25, 0.3) is 0 Å². The van der Waals surface area contributed by atoms with E-state index in [0.717, 1.165) is 5.56 Å². The summed E-state index contributed by atoms with van der Waals surface area (Å²) in [5.41, 5.74) is 5.80. The maximum atomic E-state index is 12.8. The van der Waals surface area contributed by atoms with Crippen LogP contribution in [-0.4, -0.2) is 37.6 Å². The second kappa shape index (κ2) is 8.64. The highest BCUT2D eigenvalue weighted by Crippen LogP contribution is 2.24. The van der Waals surface area contributed by atoms with Crippen molar-refractivity contribution < 1.29 is 18.0 Å². The normalized spacial score (nSPS) is 18.5. The van der Waals surface area contributed by atoms with Gasteiger partial charge in [0.15, 0.2) is 0 Å². The molecule has 26 heavy (non-hydrogen) atoms. The van der Waals surface area contributed by atoms with Crippen molar-refractivity contribution in [1.82, 2.24) is 15.2 Å². The summed E-state index contributed by atoms with van der Waals surface area (Å²) in [6.07, 6.45) is 1.51. The number of carbonyl (C=O) groups excluding carboxylic acids is 2. The summed E-state index contributed by atoms with van der Waals surface area (Å²) in [7, 11) is -3.63. The fourth-order valence-electron chi connectivity index (χ4n) is 2.89. The van der Waals surface area contributed by atoms with Gasteiger partial charge in [0.2, 0.25) is 21.8 Å². The number of sulfonamides is 1. The van der Waals surface area contributed by atoms with Crippen LogP contribution in [-0.2, 0) is 19.6 Å². The highest BCUT2D eigenvalue weighted by Gasteiger charge is 2.33. The Kier molecular flexibility index (Phi) is 6.77. The van der Waals surface area contributed by atoms with Crippen LogP contribution in [0.3, 0.4) is 0 Å². The number of hydrogen-bond donors (Lipinski definition) is 2. The molecule has 0 aromatic heterocycles. The van der Waals surface area contributed by atoms with E-state index in [-0.39, 0.29) is 29.2 Å². The first kappa shape index (κ1) is 20.4. The number of nitrogens with one attached hydrogen (secondary N) is 2. The molecule has 1 saturated heterocycles. The van der Waals surface area contributed by atoms with Gasteiger partial charge >= 0.3 is 0 Å². The third-order valence-corrected chi connectivity index (χ3v) is 6.21. The van der Waals surface area contributed by atoms with Crippen molar-refractivity contribution in [2.45, 2.75) is 44.9 Å². The number of hydrazine groups is 1. The molecular weight excluding hydrogens is 354 g/mol. The molecule has 144 valence electrons. The quantitative estimate of drug-likeness (QED) is 0.757. The van der Waals surface area contributed by atoms with Crippen LogP contribution in [0.1, 0.15) is 38.7 Å². The van der Waals surface area contributed by atoms with Crippen LogP contribution >= 0.6 is 0 Å². The summed E-state index contributed by atoms with van der Waals surface area (Å²) in [6.45, 7) is 6.22.